The van der Waals surface area contributed by atoms with Gasteiger partial charge in [-0.25, -0.2) is 0 Å². The molecule has 4 nitrogen and oxygen atoms in total. The minimum absolute atomic E-state index is 0.00548. The molecule has 0 aromatic heterocycles. The number of carbonyl (C=O) groups is 1. The predicted octanol–water partition coefficient (Wildman–Crippen LogP) is 1.72. The maximum Gasteiger partial charge on any atom is 0.253 e. The van der Waals surface area contributed by atoms with E-state index < -0.39 is 0 Å². The Kier molecular flexibility index (Phi) is 5.00. The molecule has 0 saturated carbocycles. The molecule has 1 aliphatic rings. The second-order valence-corrected chi connectivity index (χ2v) is 5.46. The molecule has 21 heavy (non-hydrogen) atoms. The van der Waals surface area contributed by atoms with Gasteiger partial charge in [-0.1, -0.05) is 24.0 Å². The Labute approximate surface area is 125 Å². The molecule has 1 fully saturated rings. The van der Waals surface area contributed by atoms with Crippen LogP contribution in [-0.4, -0.2) is 35.9 Å². The summed E-state index contributed by atoms with van der Waals surface area (Å²) in [5, 5.41) is 11.9. The van der Waals surface area contributed by atoms with E-state index in [4.69, 9.17) is 9.84 Å². The number of nitrogens with one attached hydrogen (secondary N) is 1. The van der Waals surface area contributed by atoms with Crippen LogP contribution in [-0.2, 0) is 4.74 Å². The number of hydrogen-bond donors (Lipinski definition) is 2. The molecule has 1 aromatic rings. The van der Waals surface area contributed by atoms with Crippen molar-refractivity contribution >= 4 is 5.91 Å². The van der Waals surface area contributed by atoms with Gasteiger partial charge in [-0.05, 0) is 32.4 Å². The van der Waals surface area contributed by atoms with Crippen molar-refractivity contribution in [2.24, 2.45) is 0 Å². The van der Waals surface area contributed by atoms with Crippen LogP contribution in [0.25, 0.3) is 0 Å². The Morgan fingerprint density at radius 2 is 2.29 bits per heavy atom. The number of carbonyl (C=O) groups excluding carboxylic acids is 1. The highest BCUT2D eigenvalue weighted by Gasteiger charge is 2.38. The maximum atomic E-state index is 12.5. The van der Waals surface area contributed by atoms with Crippen molar-refractivity contribution in [3.8, 4) is 11.8 Å². The molecule has 1 heterocycles. The Hall–Kier alpha value is -1.83. The first-order chi connectivity index (χ1) is 10.1. The first-order valence-corrected chi connectivity index (χ1v) is 7.20. The van der Waals surface area contributed by atoms with Crippen molar-refractivity contribution < 1.29 is 14.6 Å². The van der Waals surface area contributed by atoms with E-state index in [0.29, 0.717) is 24.2 Å². The van der Waals surface area contributed by atoms with Gasteiger partial charge in [-0.3, -0.25) is 4.79 Å². The van der Waals surface area contributed by atoms with Crippen LogP contribution in [0.15, 0.2) is 24.3 Å². The number of aliphatic hydroxyl groups excluding tert-OH is 1. The van der Waals surface area contributed by atoms with Crippen LogP contribution in [0.1, 0.15) is 42.6 Å². The molecule has 0 radical (unpaired) electrons. The summed E-state index contributed by atoms with van der Waals surface area (Å²) in [6.45, 7) is 4.66. The van der Waals surface area contributed by atoms with E-state index in [1.54, 1.807) is 6.07 Å². The average molecular weight is 287 g/mol. The maximum absolute atomic E-state index is 12.5. The van der Waals surface area contributed by atoms with E-state index >= 15 is 0 Å². The molecule has 0 aliphatic carbocycles. The molecule has 2 unspecified atom stereocenters. The van der Waals surface area contributed by atoms with E-state index in [-0.39, 0.29) is 24.2 Å². The molecule has 2 rings (SSSR count). The summed E-state index contributed by atoms with van der Waals surface area (Å²) in [5.41, 5.74) is 0.893. The Bertz CT molecular complexity index is 573. The highest BCUT2D eigenvalue weighted by Crippen LogP contribution is 2.25. The minimum atomic E-state index is -0.345. The van der Waals surface area contributed by atoms with Gasteiger partial charge in [0.05, 0.1) is 23.8 Å². The number of ether oxygens (including phenoxy) is 1. The van der Waals surface area contributed by atoms with Gasteiger partial charge in [-0.2, -0.15) is 0 Å². The van der Waals surface area contributed by atoms with Crippen LogP contribution < -0.4 is 5.32 Å². The van der Waals surface area contributed by atoms with Gasteiger partial charge in [0, 0.05) is 18.6 Å². The first-order valence-electron chi connectivity index (χ1n) is 7.20. The summed E-state index contributed by atoms with van der Waals surface area (Å²) in [6, 6.07) is 7.25. The van der Waals surface area contributed by atoms with Crippen LogP contribution in [0.4, 0.5) is 0 Å². The number of aliphatic hydroxyl groups is 1. The van der Waals surface area contributed by atoms with Gasteiger partial charge < -0.3 is 15.2 Å². The lowest BCUT2D eigenvalue weighted by Crippen LogP contribution is -2.50. The molecule has 2 N–H and O–H groups in total. The summed E-state index contributed by atoms with van der Waals surface area (Å²) in [7, 11) is 0. The van der Waals surface area contributed by atoms with Crippen molar-refractivity contribution in [3.05, 3.63) is 35.4 Å². The Balaban J connectivity index is 2.18. The topological polar surface area (TPSA) is 58.6 Å². The lowest BCUT2D eigenvalue weighted by molar-refractivity contribution is 0.0727. The quantitative estimate of drug-likeness (QED) is 0.832. The van der Waals surface area contributed by atoms with Crippen molar-refractivity contribution in [2.45, 2.75) is 38.3 Å². The van der Waals surface area contributed by atoms with Crippen molar-refractivity contribution in [1.29, 1.82) is 0 Å². The normalized spacial score (nSPS) is 24.2. The average Bonchev–Trinajstić information content (AvgIpc) is 2.79. The lowest BCUT2D eigenvalue weighted by atomic mass is 9.93. The molecule has 1 amide bonds. The van der Waals surface area contributed by atoms with E-state index in [0.717, 1.165) is 6.42 Å². The largest absolute Gasteiger partial charge is 0.395 e. The van der Waals surface area contributed by atoms with E-state index in [9.17, 15) is 4.79 Å². The molecule has 1 aromatic carbocycles. The van der Waals surface area contributed by atoms with Crippen LogP contribution in [0.5, 0.6) is 0 Å². The molecule has 1 aliphatic heterocycles. The summed E-state index contributed by atoms with van der Waals surface area (Å²) >= 11 is 0. The summed E-state index contributed by atoms with van der Waals surface area (Å²) in [5.74, 6) is 5.66. The SMILES string of the molecule is CC1OCCC1(C)NC(=O)c1ccccc1C#CCCO. The molecule has 1 saturated heterocycles. The highest BCUT2D eigenvalue weighted by molar-refractivity contribution is 5.97. The molecule has 0 bridgehead atoms. The molecular formula is C17H21NO3. The summed E-state index contributed by atoms with van der Waals surface area (Å²) in [4.78, 5) is 12.5. The third kappa shape index (κ3) is 3.63. The molecule has 4 heteroatoms. The van der Waals surface area contributed by atoms with Gasteiger partial charge in [0.2, 0.25) is 0 Å². The zero-order chi connectivity index (χ0) is 15.3. The van der Waals surface area contributed by atoms with Crippen molar-refractivity contribution in [2.75, 3.05) is 13.2 Å². The fourth-order valence-electron chi connectivity index (χ4n) is 2.33. The van der Waals surface area contributed by atoms with Crippen LogP contribution in [0.2, 0.25) is 0 Å². The summed E-state index contributed by atoms with van der Waals surface area (Å²) < 4.78 is 5.54. The van der Waals surface area contributed by atoms with Crippen LogP contribution in [0.3, 0.4) is 0 Å². The second kappa shape index (κ2) is 6.75. The Morgan fingerprint density at radius 1 is 1.52 bits per heavy atom. The minimum Gasteiger partial charge on any atom is -0.395 e. The second-order valence-electron chi connectivity index (χ2n) is 5.46. The number of benzene rings is 1. The van der Waals surface area contributed by atoms with Gasteiger partial charge >= 0.3 is 0 Å². The van der Waals surface area contributed by atoms with Gasteiger partial charge in [0.25, 0.3) is 5.91 Å². The van der Waals surface area contributed by atoms with Crippen molar-refractivity contribution in [1.82, 2.24) is 5.32 Å². The fraction of sp³-hybridized carbons (Fsp3) is 0.471. The molecule has 0 spiro atoms. The first kappa shape index (κ1) is 15.6. The van der Waals surface area contributed by atoms with Gasteiger partial charge in [-0.15, -0.1) is 0 Å². The predicted molar refractivity (Wildman–Crippen MR) is 80.9 cm³/mol. The summed E-state index contributed by atoms with van der Waals surface area (Å²) in [6.07, 6.45) is 1.20. The lowest BCUT2D eigenvalue weighted by Gasteiger charge is -2.29. The standard InChI is InChI=1S/C17H21NO3/c1-13-17(2,10-12-21-13)18-16(20)15-9-4-3-7-14(15)8-5-6-11-19/h3-4,7,9,13,19H,6,10-12H2,1-2H3,(H,18,20). The van der Waals surface area contributed by atoms with Crippen LogP contribution in [0, 0.1) is 11.8 Å². The van der Waals surface area contributed by atoms with E-state index in [1.807, 2.05) is 32.0 Å². The zero-order valence-corrected chi connectivity index (χ0v) is 12.5. The molecule has 2 atom stereocenters. The zero-order valence-electron chi connectivity index (χ0n) is 12.5. The van der Waals surface area contributed by atoms with Gasteiger partial charge in [0.15, 0.2) is 0 Å². The fourth-order valence-corrected chi connectivity index (χ4v) is 2.33. The van der Waals surface area contributed by atoms with Crippen LogP contribution >= 0.6 is 0 Å². The van der Waals surface area contributed by atoms with Crippen molar-refractivity contribution in [3.63, 3.8) is 0 Å². The molecule has 112 valence electrons. The third-order valence-corrected chi connectivity index (χ3v) is 3.92. The Morgan fingerprint density at radius 3 is 2.95 bits per heavy atom. The number of hydrogen-bond acceptors (Lipinski definition) is 3. The van der Waals surface area contributed by atoms with E-state index in [2.05, 4.69) is 17.2 Å². The van der Waals surface area contributed by atoms with Gasteiger partial charge in [0.1, 0.15) is 0 Å². The third-order valence-electron chi connectivity index (χ3n) is 3.92. The monoisotopic (exact) mass is 287 g/mol. The van der Waals surface area contributed by atoms with E-state index in [1.165, 1.54) is 0 Å². The number of amides is 1. The molecular weight excluding hydrogens is 266 g/mol. The number of rotatable bonds is 3. The highest BCUT2D eigenvalue weighted by atomic mass is 16.5. The smallest absolute Gasteiger partial charge is 0.253 e.